The average Bonchev–Trinajstić information content (AvgIpc) is 3.06. The van der Waals surface area contributed by atoms with E-state index in [1.165, 1.54) is 12.1 Å². The molecule has 0 saturated carbocycles. The normalized spacial score (nSPS) is 20.5. The summed E-state index contributed by atoms with van der Waals surface area (Å²) in [5, 5.41) is 0. The van der Waals surface area contributed by atoms with E-state index in [9.17, 15) is 14.0 Å². The Morgan fingerprint density at radius 2 is 2.00 bits per heavy atom. The summed E-state index contributed by atoms with van der Waals surface area (Å²) in [6.07, 6.45) is 4.83. The Balaban J connectivity index is 1.38. The van der Waals surface area contributed by atoms with Gasteiger partial charge in [0.05, 0.1) is 6.61 Å². The van der Waals surface area contributed by atoms with Crippen LogP contribution in [0, 0.1) is 11.7 Å². The van der Waals surface area contributed by atoms with Crippen LogP contribution in [-0.4, -0.2) is 54.4 Å². The standard InChI is InChI=1S/C20H27FN2O3/c21-17-7-9-18(10-8-17)26-15-16-4-1-13-23(14-16)20(25)6-3-12-22-11-2-5-19(22)24/h7-10,16H,1-6,11-15H2. The minimum atomic E-state index is -0.276. The molecule has 0 aromatic heterocycles. The van der Waals surface area contributed by atoms with Crippen molar-refractivity contribution in [2.24, 2.45) is 5.92 Å². The quantitative estimate of drug-likeness (QED) is 0.749. The third-order valence-electron chi connectivity index (χ3n) is 5.16. The van der Waals surface area contributed by atoms with Crippen LogP contribution < -0.4 is 4.74 Å². The lowest BCUT2D eigenvalue weighted by atomic mass is 9.98. The van der Waals surface area contributed by atoms with E-state index in [1.807, 2.05) is 9.80 Å². The Bertz CT molecular complexity index is 620. The SMILES string of the molecule is O=C1CCCN1CCCC(=O)N1CCCC(COc2ccc(F)cc2)C1. The van der Waals surface area contributed by atoms with Crippen LogP contribution in [0.15, 0.2) is 24.3 Å². The summed E-state index contributed by atoms with van der Waals surface area (Å²) in [4.78, 5) is 27.8. The fraction of sp³-hybridized carbons (Fsp3) is 0.600. The number of carbonyl (C=O) groups excluding carboxylic acids is 2. The molecule has 1 unspecified atom stereocenters. The van der Waals surface area contributed by atoms with E-state index in [2.05, 4.69) is 0 Å². The van der Waals surface area contributed by atoms with Gasteiger partial charge in [0.2, 0.25) is 11.8 Å². The van der Waals surface area contributed by atoms with Gasteiger partial charge in [-0.25, -0.2) is 4.39 Å². The molecule has 2 heterocycles. The molecule has 1 aromatic carbocycles. The lowest BCUT2D eigenvalue weighted by Crippen LogP contribution is -2.41. The number of benzene rings is 1. The topological polar surface area (TPSA) is 49.9 Å². The number of likely N-dealkylation sites (tertiary alicyclic amines) is 2. The first-order valence-corrected chi connectivity index (χ1v) is 9.56. The monoisotopic (exact) mass is 362 g/mol. The van der Waals surface area contributed by atoms with Gasteiger partial charge < -0.3 is 14.5 Å². The summed E-state index contributed by atoms with van der Waals surface area (Å²) < 4.78 is 18.7. The summed E-state index contributed by atoms with van der Waals surface area (Å²) >= 11 is 0. The van der Waals surface area contributed by atoms with Gasteiger partial charge in [-0.2, -0.15) is 0 Å². The second-order valence-electron chi connectivity index (χ2n) is 7.20. The second-order valence-corrected chi connectivity index (χ2v) is 7.20. The summed E-state index contributed by atoms with van der Waals surface area (Å²) in [6, 6.07) is 6.02. The van der Waals surface area contributed by atoms with Crippen molar-refractivity contribution in [3.05, 3.63) is 30.1 Å². The average molecular weight is 362 g/mol. The van der Waals surface area contributed by atoms with E-state index in [1.54, 1.807) is 12.1 Å². The molecule has 0 spiro atoms. The van der Waals surface area contributed by atoms with E-state index >= 15 is 0 Å². The van der Waals surface area contributed by atoms with Crippen LogP contribution in [0.4, 0.5) is 4.39 Å². The van der Waals surface area contributed by atoms with Crippen LogP contribution in [0.3, 0.4) is 0 Å². The van der Waals surface area contributed by atoms with Gasteiger partial charge in [-0.15, -0.1) is 0 Å². The predicted molar refractivity (Wildman–Crippen MR) is 96.2 cm³/mol. The van der Waals surface area contributed by atoms with E-state index < -0.39 is 0 Å². The number of ether oxygens (including phenoxy) is 1. The fourth-order valence-corrected chi connectivity index (χ4v) is 3.69. The van der Waals surface area contributed by atoms with E-state index in [4.69, 9.17) is 4.74 Å². The predicted octanol–water partition coefficient (Wildman–Crippen LogP) is 2.85. The molecular weight excluding hydrogens is 335 g/mol. The zero-order valence-corrected chi connectivity index (χ0v) is 15.2. The van der Waals surface area contributed by atoms with Crippen molar-refractivity contribution < 1.29 is 18.7 Å². The van der Waals surface area contributed by atoms with E-state index in [0.29, 0.717) is 44.2 Å². The molecule has 3 rings (SSSR count). The van der Waals surface area contributed by atoms with Crippen molar-refractivity contribution in [2.75, 3.05) is 32.8 Å². The molecular formula is C20H27FN2O3. The van der Waals surface area contributed by atoms with Crippen molar-refractivity contribution >= 4 is 11.8 Å². The van der Waals surface area contributed by atoms with Gasteiger partial charge in [0.1, 0.15) is 11.6 Å². The van der Waals surface area contributed by atoms with Crippen LogP contribution in [0.1, 0.15) is 38.5 Å². The molecule has 1 aromatic rings. The smallest absolute Gasteiger partial charge is 0.222 e. The second kappa shape index (κ2) is 9.01. The Labute approximate surface area is 154 Å². The van der Waals surface area contributed by atoms with Crippen LogP contribution >= 0.6 is 0 Å². The molecule has 2 saturated heterocycles. The molecule has 0 N–H and O–H groups in total. The van der Waals surface area contributed by atoms with E-state index in [0.717, 1.165) is 38.8 Å². The Morgan fingerprint density at radius 1 is 1.19 bits per heavy atom. The Kier molecular flexibility index (Phi) is 6.47. The Hall–Kier alpha value is -2.11. The number of hydrogen-bond acceptors (Lipinski definition) is 3. The molecule has 142 valence electrons. The summed E-state index contributed by atoms with van der Waals surface area (Å²) in [5.41, 5.74) is 0. The lowest BCUT2D eigenvalue weighted by Gasteiger charge is -2.33. The van der Waals surface area contributed by atoms with Crippen molar-refractivity contribution in [2.45, 2.75) is 38.5 Å². The van der Waals surface area contributed by atoms with Crippen molar-refractivity contribution in [3.63, 3.8) is 0 Å². The summed E-state index contributed by atoms with van der Waals surface area (Å²) in [6.45, 7) is 3.57. The van der Waals surface area contributed by atoms with Crippen LogP contribution in [0.5, 0.6) is 5.75 Å². The number of nitrogens with zero attached hydrogens (tertiary/aromatic N) is 2. The molecule has 2 fully saturated rings. The first-order chi connectivity index (χ1) is 12.6. The highest BCUT2D eigenvalue weighted by atomic mass is 19.1. The van der Waals surface area contributed by atoms with Crippen molar-refractivity contribution in [3.8, 4) is 5.75 Å². The molecule has 2 aliphatic rings. The number of rotatable bonds is 7. The molecule has 0 bridgehead atoms. The van der Waals surface area contributed by atoms with Gasteiger partial charge in [0.15, 0.2) is 0 Å². The third-order valence-corrected chi connectivity index (χ3v) is 5.16. The van der Waals surface area contributed by atoms with Crippen LogP contribution in [0.2, 0.25) is 0 Å². The summed E-state index contributed by atoms with van der Waals surface area (Å²) in [5.74, 6) is 1.07. The first kappa shape index (κ1) is 18.7. The fourth-order valence-electron chi connectivity index (χ4n) is 3.69. The largest absolute Gasteiger partial charge is 0.493 e. The Morgan fingerprint density at radius 3 is 2.73 bits per heavy atom. The molecule has 26 heavy (non-hydrogen) atoms. The molecule has 0 radical (unpaired) electrons. The van der Waals surface area contributed by atoms with Gasteiger partial charge in [-0.3, -0.25) is 9.59 Å². The van der Waals surface area contributed by atoms with Crippen molar-refractivity contribution in [1.82, 2.24) is 9.80 Å². The molecule has 0 aliphatic carbocycles. The molecule has 2 amide bonds. The highest BCUT2D eigenvalue weighted by Crippen LogP contribution is 2.20. The maximum absolute atomic E-state index is 12.9. The number of carbonyl (C=O) groups is 2. The summed E-state index contributed by atoms with van der Waals surface area (Å²) in [7, 11) is 0. The number of halogens is 1. The lowest BCUT2D eigenvalue weighted by molar-refractivity contribution is -0.134. The van der Waals surface area contributed by atoms with Crippen LogP contribution in [0.25, 0.3) is 0 Å². The van der Waals surface area contributed by atoms with Gasteiger partial charge in [0, 0.05) is 44.9 Å². The van der Waals surface area contributed by atoms with Crippen LogP contribution in [-0.2, 0) is 9.59 Å². The third kappa shape index (κ3) is 5.19. The van der Waals surface area contributed by atoms with Gasteiger partial charge in [-0.1, -0.05) is 0 Å². The minimum Gasteiger partial charge on any atom is -0.493 e. The molecule has 5 nitrogen and oxygen atoms in total. The van der Waals surface area contributed by atoms with Crippen molar-refractivity contribution in [1.29, 1.82) is 0 Å². The maximum Gasteiger partial charge on any atom is 0.222 e. The zero-order chi connectivity index (χ0) is 18.4. The van der Waals surface area contributed by atoms with Gasteiger partial charge in [0.25, 0.3) is 0 Å². The molecule has 6 heteroatoms. The zero-order valence-electron chi connectivity index (χ0n) is 15.2. The minimum absolute atomic E-state index is 0.170. The van der Waals surface area contributed by atoms with Gasteiger partial charge in [-0.05, 0) is 49.9 Å². The van der Waals surface area contributed by atoms with E-state index in [-0.39, 0.29) is 17.6 Å². The van der Waals surface area contributed by atoms with Gasteiger partial charge >= 0.3 is 0 Å². The number of amides is 2. The molecule has 2 aliphatic heterocycles. The maximum atomic E-state index is 12.9. The number of piperidine rings is 1. The number of hydrogen-bond donors (Lipinski definition) is 0. The highest BCUT2D eigenvalue weighted by molar-refractivity contribution is 5.78. The highest BCUT2D eigenvalue weighted by Gasteiger charge is 2.25. The molecule has 1 atom stereocenters. The first-order valence-electron chi connectivity index (χ1n) is 9.56.